The van der Waals surface area contributed by atoms with Gasteiger partial charge in [-0.1, -0.05) is 32.0 Å². The van der Waals surface area contributed by atoms with Gasteiger partial charge in [-0.05, 0) is 75.7 Å². The predicted octanol–water partition coefficient (Wildman–Crippen LogP) is 4.58. The average Bonchev–Trinajstić information content (AvgIpc) is 3.10. The number of rotatable bonds is 11. The molecule has 5 nitrogen and oxygen atoms in total. The summed E-state index contributed by atoms with van der Waals surface area (Å²) >= 11 is 0. The molecule has 1 aromatic carbocycles. The van der Waals surface area contributed by atoms with Crippen LogP contribution < -0.4 is 4.74 Å². The molecule has 2 saturated heterocycles. The standard InChI is InChI=1S/C24H39N3O2/c1-3-13-26-18-19-27(24(26)28)15-8-7-14-25-16-11-21(12-17-25)22-9-5-6-10-23(22)29-20-4-2/h5-6,9-10,21H,3-4,7-8,11-20H2,1-2H3. The minimum atomic E-state index is 0.247. The van der Waals surface area contributed by atoms with Crippen LogP contribution in [0.15, 0.2) is 24.3 Å². The highest BCUT2D eigenvalue weighted by Crippen LogP contribution is 2.34. The Hall–Kier alpha value is -1.75. The van der Waals surface area contributed by atoms with Crippen LogP contribution in [0.5, 0.6) is 5.75 Å². The predicted molar refractivity (Wildman–Crippen MR) is 119 cm³/mol. The van der Waals surface area contributed by atoms with Gasteiger partial charge in [0.25, 0.3) is 0 Å². The van der Waals surface area contributed by atoms with Gasteiger partial charge in [0.2, 0.25) is 0 Å². The fourth-order valence-electron chi connectivity index (χ4n) is 4.58. The molecule has 2 aliphatic rings. The number of piperidine rings is 1. The number of amides is 2. The first-order chi connectivity index (χ1) is 14.2. The minimum absolute atomic E-state index is 0.247. The van der Waals surface area contributed by atoms with Gasteiger partial charge in [-0.3, -0.25) is 0 Å². The topological polar surface area (TPSA) is 36.0 Å². The van der Waals surface area contributed by atoms with Crippen LogP contribution in [-0.2, 0) is 0 Å². The van der Waals surface area contributed by atoms with Crippen LogP contribution in [0.2, 0.25) is 0 Å². The Morgan fingerprint density at radius 2 is 1.59 bits per heavy atom. The van der Waals surface area contributed by atoms with E-state index in [1.54, 1.807) is 0 Å². The van der Waals surface area contributed by atoms with Gasteiger partial charge in [-0.25, -0.2) is 4.79 Å². The largest absolute Gasteiger partial charge is 0.493 e. The van der Waals surface area contributed by atoms with Crippen LogP contribution in [0.1, 0.15) is 63.9 Å². The van der Waals surface area contributed by atoms with E-state index in [0.29, 0.717) is 5.92 Å². The zero-order valence-electron chi connectivity index (χ0n) is 18.4. The average molecular weight is 402 g/mol. The third kappa shape index (κ3) is 6.11. The smallest absolute Gasteiger partial charge is 0.320 e. The van der Waals surface area contributed by atoms with Crippen molar-refractivity contribution in [2.75, 3.05) is 52.4 Å². The summed E-state index contributed by atoms with van der Waals surface area (Å²) in [5.41, 5.74) is 1.39. The molecule has 2 amide bonds. The zero-order chi connectivity index (χ0) is 20.5. The van der Waals surface area contributed by atoms with E-state index < -0.39 is 0 Å². The first-order valence-corrected chi connectivity index (χ1v) is 11.7. The molecule has 0 aliphatic carbocycles. The Labute approximate surface area is 177 Å². The van der Waals surface area contributed by atoms with Crippen LogP contribution in [0.25, 0.3) is 0 Å². The Morgan fingerprint density at radius 3 is 2.31 bits per heavy atom. The Balaban J connectivity index is 1.35. The van der Waals surface area contributed by atoms with Crippen molar-refractivity contribution in [1.29, 1.82) is 0 Å². The van der Waals surface area contributed by atoms with E-state index in [9.17, 15) is 4.79 Å². The van der Waals surface area contributed by atoms with Crippen molar-refractivity contribution in [3.63, 3.8) is 0 Å². The summed E-state index contributed by atoms with van der Waals surface area (Å²) in [6.45, 7) is 12.2. The lowest BCUT2D eigenvalue weighted by molar-refractivity contribution is 0.186. The zero-order valence-corrected chi connectivity index (χ0v) is 18.4. The second kappa shape index (κ2) is 11.4. The molecule has 0 saturated carbocycles. The van der Waals surface area contributed by atoms with E-state index in [0.717, 1.165) is 64.3 Å². The number of para-hydroxylation sites is 1. The number of carbonyl (C=O) groups excluding carboxylic acids is 1. The summed E-state index contributed by atoms with van der Waals surface area (Å²) < 4.78 is 5.98. The number of hydrogen-bond donors (Lipinski definition) is 0. The van der Waals surface area contributed by atoms with E-state index in [4.69, 9.17) is 4.74 Å². The molecular formula is C24H39N3O2. The molecule has 2 heterocycles. The van der Waals surface area contributed by atoms with Crippen LogP contribution in [0.3, 0.4) is 0 Å². The van der Waals surface area contributed by atoms with Crippen molar-refractivity contribution in [2.24, 2.45) is 0 Å². The van der Waals surface area contributed by atoms with Gasteiger partial charge in [0.15, 0.2) is 0 Å². The number of urea groups is 1. The quantitative estimate of drug-likeness (QED) is 0.509. The monoisotopic (exact) mass is 401 g/mol. The molecule has 1 aromatic rings. The summed E-state index contributed by atoms with van der Waals surface area (Å²) in [6.07, 6.45) is 6.81. The Bertz CT molecular complexity index is 628. The van der Waals surface area contributed by atoms with Gasteiger partial charge in [-0.15, -0.1) is 0 Å². The maximum Gasteiger partial charge on any atom is 0.320 e. The van der Waals surface area contributed by atoms with Crippen molar-refractivity contribution in [1.82, 2.24) is 14.7 Å². The summed E-state index contributed by atoms with van der Waals surface area (Å²) in [5, 5.41) is 0. The third-order valence-electron chi connectivity index (χ3n) is 6.23. The number of benzene rings is 1. The molecule has 0 unspecified atom stereocenters. The number of hydrogen-bond acceptors (Lipinski definition) is 3. The highest BCUT2D eigenvalue weighted by molar-refractivity contribution is 5.76. The number of likely N-dealkylation sites (tertiary alicyclic amines) is 1. The van der Waals surface area contributed by atoms with Gasteiger partial charge >= 0.3 is 6.03 Å². The van der Waals surface area contributed by atoms with Crippen molar-refractivity contribution >= 4 is 6.03 Å². The molecule has 3 rings (SSSR count). The van der Waals surface area contributed by atoms with Crippen molar-refractivity contribution in [3.8, 4) is 5.75 Å². The lowest BCUT2D eigenvalue weighted by Gasteiger charge is -2.33. The highest BCUT2D eigenvalue weighted by atomic mass is 16.5. The maximum absolute atomic E-state index is 12.3. The molecule has 29 heavy (non-hydrogen) atoms. The summed E-state index contributed by atoms with van der Waals surface area (Å²) in [4.78, 5) is 18.9. The van der Waals surface area contributed by atoms with Crippen LogP contribution in [0.4, 0.5) is 4.79 Å². The van der Waals surface area contributed by atoms with E-state index in [1.165, 1.54) is 37.9 Å². The second-order valence-electron chi connectivity index (χ2n) is 8.47. The summed E-state index contributed by atoms with van der Waals surface area (Å²) in [6, 6.07) is 8.84. The first-order valence-electron chi connectivity index (χ1n) is 11.7. The van der Waals surface area contributed by atoms with E-state index >= 15 is 0 Å². The number of ether oxygens (including phenoxy) is 1. The Kier molecular flexibility index (Phi) is 8.66. The van der Waals surface area contributed by atoms with E-state index in [2.05, 4.69) is 43.0 Å². The first kappa shape index (κ1) is 21.9. The molecule has 0 radical (unpaired) electrons. The van der Waals surface area contributed by atoms with Gasteiger partial charge in [0, 0.05) is 26.2 Å². The van der Waals surface area contributed by atoms with Crippen molar-refractivity contribution < 1.29 is 9.53 Å². The second-order valence-corrected chi connectivity index (χ2v) is 8.47. The molecule has 5 heteroatoms. The summed E-state index contributed by atoms with van der Waals surface area (Å²) in [5.74, 6) is 1.70. The molecule has 2 aliphatic heterocycles. The maximum atomic E-state index is 12.3. The lowest BCUT2D eigenvalue weighted by atomic mass is 9.88. The van der Waals surface area contributed by atoms with Gasteiger partial charge < -0.3 is 19.4 Å². The third-order valence-corrected chi connectivity index (χ3v) is 6.23. The minimum Gasteiger partial charge on any atom is -0.493 e. The molecular weight excluding hydrogens is 362 g/mol. The van der Waals surface area contributed by atoms with Gasteiger partial charge in [0.05, 0.1) is 6.61 Å². The molecule has 0 N–H and O–H groups in total. The molecule has 0 spiro atoms. The fraction of sp³-hybridized carbons (Fsp3) is 0.708. The van der Waals surface area contributed by atoms with Crippen LogP contribution in [-0.4, -0.2) is 73.2 Å². The number of nitrogens with zero attached hydrogens (tertiary/aromatic N) is 3. The highest BCUT2D eigenvalue weighted by Gasteiger charge is 2.27. The summed E-state index contributed by atoms with van der Waals surface area (Å²) in [7, 11) is 0. The van der Waals surface area contributed by atoms with Crippen molar-refractivity contribution in [2.45, 2.75) is 58.3 Å². The molecule has 162 valence electrons. The Morgan fingerprint density at radius 1 is 0.897 bits per heavy atom. The molecule has 0 atom stereocenters. The van der Waals surface area contributed by atoms with Crippen molar-refractivity contribution in [3.05, 3.63) is 29.8 Å². The van der Waals surface area contributed by atoms with E-state index in [-0.39, 0.29) is 6.03 Å². The fourth-order valence-corrected chi connectivity index (χ4v) is 4.58. The van der Waals surface area contributed by atoms with Crippen LogP contribution >= 0.6 is 0 Å². The normalized spacial score (nSPS) is 18.6. The van der Waals surface area contributed by atoms with E-state index in [1.807, 2.05) is 9.80 Å². The SMILES string of the molecule is CCCOc1ccccc1C1CCN(CCCCN2CCN(CCC)C2=O)CC1. The van der Waals surface area contributed by atoms with Gasteiger partial charge in [0.1, 0.15) is 5.75 Å². The van der Waals surface area contributed by atoms with Crippen LogP contribution in [0, 0.1) is 0 Å². The van der Waals surface area contributed by atoms with Gasteiger partial charge in [-0.2, -0.15) is 0 Å². The molecule has 2 fully saturated rings. The number of unbranched alkanes of at least 4 members (excludes halogenated alkanes) is 1. The molecule has 0 aromatic heterocycles. The number of carbonyl (C=O) groups is 1. The molecule has 0 bridgehead atoms. The lowest BCUT2D eigenvalue weighted by Crippen LogP contribution is -2.35.